The van der Waals surface area contributed by atoms with E-state index in [1.54, 1.807) is 17.8 Å². The maximum absolute atomic E-state index is 14.9. The molecule has 7 heteroatoms. The highest BCUT2D eigenvalue weighted by Crippen LogP contribution is 2.50. The van der Waals surface area contributed by atoms with E-state index in [-0.39, 0.29) is 18.2 Å². The molecule has 0 aliphatic carbocycles. The van der Waals surface area contributed by atoms with Crippen molar-refractivity contribution in [3.05, 3.63) is 45.1 Å². The van der Waals surface area contributed by atoms with E-state index in [0.29, 0.717) is 11.7 Å². The SMILES string of the molecule is CN1CCCCC1CCN1c2ccc(Br)cc2Sc2cc(Br)cc(F)c21.Cl. The second kappa shape index (κ2) is 9.04. The lowest BCUT2D eigenvalue weighted by atomic mass is 9.99. The first-order valence-corrected chi connectivity index (χ1v) is 11.4. The first-order chi connectivity index (χ1) is 12.5. The molecule has 2 aromatic rings. The molecule has 2 heterocycles. The summed E-state index contributed by atoms with van der Waals surface area (Å²) in [6.07, 6.45) is 4.87. The number of anilines is 2. The lowest BCUT2D eigenvalue weighted by Crippen LogP contribution is -2.38. The highest BCUT2D eigenvalue weighted by atomic mass is 79.9. The van der Waals surface area contributed by atoms with Gasteiger partial charge < -0.3 is 9.80 Å². The maximum atomic E-state index is 14.9. The summed E-state index contributed by atoms with van der Waals surface area (Å²) < 4.78 is 16.7. The van der Waals surface area contributed by atoms with Crippen molar-refractivity contribution in [3.8, 4) is 0 Å². The Morgan fingerprint density at radius 1 is 1.11 bits per heavy atom. The summed E-state index contributed by atoms with van der Waals surface area (Å²) in [5.74, 6) is -0.160. The molecular formula is C20H22Br2ClFN2S. The fraction of sp³-hybridized carbons (Fsp3) is 0.400. The maximum Gasteiger partial charge on any atom is 0.149 e. The minimum absolute atomic E-state index is 0. The molecule has 4 rings (SSSR count). The Labute approximate surface area is 187 Å². The Bertz CT molecular complexity index is 836. The molecule has 0 amide bonds. The van der Waals surface area contributed by atoms with Crippen LogP contribution in [0.3, 0.4) is 0 Å². The summed E-state index contributed by atoms with van der Waals surface area (Å²) in [6.45, 7) is 2.00. The number of benzene rings is 2. The molecule has 0 bridgehead atoms. The van der Waals surface area contributed by atoms with Crippen molar-refractivity contribution in [3.63, 3.8) is 0 Å². The van der Waals surface area contributed by atoms with E-state index in [4.69, 9.17) is 0 Å². The fourth-order valence-electron chi connectivity index (χ4n) is 3.93. The van der Waals surface area contributed by atoms with Gasteiger partial charge in [-0.1, -0.05) is 50.0 Å². The van der Waals surface area contributed by atoms with E-state index < -0.39 is 0 Å². The summed E-state index contributed by atoms with van der Waals surface area (Å²) in [4.78, 5) is 6.78. The predicted octanol–water partition coefficient (Wildman–Crippen LogP) is 7.25. The third kappa shape index (κ3) is 4.50. The van der Waals surface area contributed by atoms with Gasteiger partial charge in [0.25, 0.3) is 0 Å². The molecule has 2 aliphatic rings. The molecule has 1 atom stereocenters. The zero-order valence-corrected chi connectivity index (χ0v) is 19.9. The average molecular weight is 537 g/mol. The number of hydrogen-bond donors (Lipinski definition) is 0. The first kappa shape index (κ1) is 21.4. The normalized spacial score (nSPS) is 19.3. The summed E-state index contributed by atoms with van der Waals surface area (Å²) >= 11 is 8.64. The summed E-state index contributed by atoms with van der Waals surface area (Å²) in [6, 6.07) is 10.4. The lowest BCUT2D eigenvalue weighted by molar-refractivity contribution is 0.178. The predicted molar refractivity (Wildman–Crippen MR) is 122 cm³/mol. The van der Waals surface area contributed by atoms with Crippen LogP contribution < -0.4 is 4.90 Å². The Kier molecular flexibility index (Phi) is 7.18. The molecule has 1 unspecified atom stereocenters. The van der Waals surface area contributed by atoms with Crippen LogP contribution in [0.15, 0.2) is 49.1 Å². The van der Waals surface area contributed by atoms with Crippen LogP contribution in [0, 0.1) is 5.82 Å². The minimum atomic E-state index is -0.160. The molecule has 2 aliphatic heterocycles. The van der Waals surface area contributed by atoms with Crippen LogP contribution in [0.1, 0.15) is 25.7 Å². The Hall–Kier alpha value is -0.270. The summed E-state index contributed by atoms with van der Waals surface area (Å²) in [5, 5.41) is 0. The quantitative estimate of drug-likeness (QED) is 0.408. The number of hydrogen-bond acceptors (Lipinski definition) is 3. The highest BCUT2D eigenvalue weighted by Gasteiger charge is 2.28. The number of halogens is 4. The van der Waals surface area contributed by atoms with Crippen molar-refractivity contribution in [1.82, 2.24) is 4.90 Å². The lowest BCUT2D eigenvalue weighted by Gasteiger charge is -2.37. The van der Waals surface area contributed by atoms with Gasteiger partial charge in [-0.25, -0.2) is 4.39 Å². The summed E-state index contributed by atoms with van der Waals surface area (Å²) in [7, 11) is 2.21. The van der Waals surface area contributed by atoms with E-state index in [1.165, 1.54) is 30.7 Å². The third-order valence-corrected chi connectivity index (χ3v) is 7.33. The van der Waals surface area contributed by atoms with Crippen LogP contribution in [0.25, 0.3) is 0 Å². The van der Waals surface area contributed by atoms with Crippen molar-refractivity contribution < 1.29 is 4.39 Å². The molecule has 0 N–H and O–H groups in total. The van der Waals surface area contributed by atoms with E-state index in [2.05, 4.69) is 60.8 Å². The molecule has 27 heavy (non-hydrogen) atoms. The van der Waals surface area contributed by atoms with Crippen molar-refractivity contribution in [2.24, 2.45) is 0 Å². The molecule has 146 valence electrons. The monoisotopic (exact) mass is 534 g/mol. The highest BCUT2D eigenvalue weighted by molar-refractivity contribution is 9.10. The van der Waals surface area contributed by atoms with Crippen molar-refractivity contribution in [2.75, 3.05) is 25.0 Å². The Morgan fingerprint density at radius 2 is 1.89 bits per heavy atom. The summed E-state index contributed by atoms with van der Waals surface area (Å²) in [5.41, 5.74) is 1.82. The number of rotatable bonds is 3. The second-order valence-corrected chi connectivity index (χ2v) is 9.93. The number of fused-ring (bicyclic) bond motifs is 2. The smallest absolute Gasteiger partial charge is 0.149 e. The third-order valence-electron chi connectivity index (χ3n) is 5.30. The topological polar surface area (TPSA) is 6.48 Å². The zero-order chi connectivity index (χ0) is 18.3. The fourth-order valence-corrected chi connectivity index (χ4v) is 6.22. The standard InChI is InChI=1S/C20H21Br2FN2S.ClH/c1-24-8-3-2-4-15(24)7-9-25-17-6-5-13(21)11-18(17)26-19-12-14(22)10-16(23)20(19)25;/h5-6,10-12,15H,2-4,7-9H2,1H3;1H. The van der Waals surface area contributed by atoms with Crippen LogP contribution in [-0.4, -0.2) is 31.1 Å². The molecule has 0 aromatic heterocycles. The molecular weight excluding hydrogens is 515 g/mol. The van der Waals surface area contributed by atoms with Gasteiger partial charge in [0.1, 0.15) is 5.82 Å². The Morgan fingerprint density at radius 3 is 2.67 bits per heavy atom. The first-order valence-electron chi connectivity index (χ1n) is 8.97. The molecule has 1 saturated heterocycles. The molecule has 2 aromatic carbocycles. The molecule has 0 saturated carbocycles. The minimum Gasteiger partial charge on any atom is -0.337 e. The van der Waals surface area contributed by atoms with Gasteiger partial charge in [-0.15, -0.1) is 12.4 Å². The van der Waals surface area contributed by atoms with Crippen molar-refractivity contribution in [2.45, 2.75) is 41.5 Å². The average Bonchev–Trinajstić information content (AvgIpc) is 2.59. The van der Waals surface area contributed by atoms with Crippen molar-refractivity contribution >= 4 is 67.4 Å². The van der Waals surface area contributed by atoms with Crippen LogP contribution in [-0.2, 0) is 0 Å². The number of piperidine rings is 1. The Balaban J connectivity index is 0.00000210. The van der Waals surface area contributed by atoms with Gasteiger partial charge in [-0.2, -0.15) is 0 Å². The van der Waals surface area contributed by atoms with E-state index >= 15 is 0 Å². The van der Waals surface area contributed by atoms with Gasteiger partial charge in [0.2, 0.25) is 0 Å². The van der Waals surface area contributed by atoms with Gasteiger partial charge in [-0.3, -0.25) is 0 Å². The second-order valence-electron chi connectivity index (χ2n) is 7.02. The van der Waals surface area contributed by atoms with Gasteiger partial charge in [0.05, 0.1) is 11.4 Å². The molecule has 1 fully saturated rings. The van der Waals surface area contributed by atoms with Crippen LogP contribution in [0.5, 0.6) is 0 Å². The zero-order valence-electron chi connectivity index (χ0n) is 15.1. The van der Waals surface area contributed by atoms with Crippen molar-refractivity contribution in [1.29, 1.82) is 0 Å². The van der Waals surface area contributed by atoms with Gasteiger partial charge >= 0.3 is 0 Å². The van der Waals surface area contributed by atoms with Crippen LogP contribution in [0.2, 0.25) is 0 Å². The van der Waals surface area contributed by atoms with Gasteiger partial charge in [0, 0.05) is 31.3 Å². The van der Waals surface area contributed by atoms with Crippen LogP contribution >= 0.6 is 56.0 Å². The van der Waals surface area contributed by atoms with E-state index in [1.807, 2.05) is 12.1 Å². The van der Waals surface area contributed by atoms with Crippen LogP contribution in [0.4, 0.5) is 15.8 Å². The number of nitrogens with zero attached hydrogens (tertiary/aromatic N) is 2. The van der Waals surface area contributed by atoms with Gasteiger partial charge in [0.15, 0.2) is 0 Å². The number of likely N-dealkylation sites (tertiary alicyclic amines) is 1. The van der Waals surface area contributed by atoms with E-state index in [9.17, 15) is 4.39 Å². The largest absolute Gasteiger partial charge is 0.337 e. The molecule has 0 radical (unpaired) electrons. The van der Waals surface area contributed by atoms with Gasteiger partial charge in [-0.05, 0) is 63.2 Å². The molecule has 2 nitrogen and oxygen atoms in total. The molecule has 0 spiro atoms. The van der Waals surface area contributed by atoms with E-state index in [0.717, 1.165) is 32.5 Å².